The molecule has 0 atom stereocenters. The molecule has 2 heterocycles. The number of esters is 1. The van der Waals surface area contributed by atoms with Crippen molar-refractivity contribution in [2.45, 2.75) is 39.5 Å². The second-order valence-corrected chi connectivity index (χ2v) is 7.58. The molecule has 2 aromatic rings. The van der Waals surface area contributed by atoms with Crippen molar-refractivity contribution in [3.05, 3.63) is 36.3 Å². The van der Waals surface area contributed by atoms with E-state index in [0.29, 0.717) is 16.3 Å². The fraction of sp³-hybridized carbons (Fsp3) is 0.412. The number of nitrogens with zero attached hydrogens (tertiary/aromatic N) is 3. The van der Waals surface area contributed by atoms with E-state index >= 15 is 0 Å². The van der Waals surface area contributed by atoms with E-state index in [1.165, 1.54) is 22.6 Å². The molecule has 0 aliphatic rings. The van der Waals surface area contributed by atoms with Gasteiger partial charge >= 0.3 is 5.97 Å². The van der Waals surface area contributed by atoms with E-state index in [0.717, 1.165) is 5.75 Å². The molecule has 2 aromatic heterocycles. The number of thioether (sulfide) groups is 1. The van der Waals surface area contributed by atoms with Gasteiger partial charge in [0.1, 0.15) is 5.03 Å². The van der Waals surface area contributed by atoms with E-state index < -0.39 is 5.41 Å². The van der Waals surface area contributed by atoms with Crippen molar-refractivity contribution < 1.29 is 14.3 Å². The van der Waals surface area contributed by atoms with Crippen LogP contribution < -0.4 is 5.32 Å². The fourth-order valence-corrected chi connectivity index (χ4v) is 2.58. The highest BCUT2D eigenvalue weighted by Crippen LogP contribution is 2.21. The standard InChI is InChI=1S/C17H22N4O3S/c1-5-25-15-13(7-6-8-18-15)14(22)20-12-9-19-21(10-12)11-24-16(23)17(2,3)4/h6-10H,5,11H2,1-4H3,(H,20,22). The maximum atomic E-state index is 12.4. The summed E-state index contributed by atoms with van der Waals surface area (Å²) < 4.78 is 6.63. The van der Waals surface area contributed by atoms with Crippen molar-refractivity contribution in [2.24, 2.45) is 5.41 Å². The number of anilines is 1. The van der Waals surface area contributed by atoms with E-state index in [1.807, 2.05) is 6.92 Å². The molecule has 7 nitrogen and oxygen atoms in total. The van der Waals surface area contributed by atoms with Crippen LogP contribution in [0, 0.1) is 5.41 Å². The number of carbonyl (C=O) groups is 2. The van der Waals surface area contributed by atoms with Crippen LogP contribution in [0.25, 0.3) is 0 Å². The lowest BCUT2D eigenvalue weighted by atomic mass is 9.98. The molecule has 0 aliphatic carbocycles. The lowest BCUT2D eigenvalue weighted by Gasteiger charge is -2.16. The Bertz CT molecular complexity index is 752. The molecule has 8 heteroatoms. The van der Waals surface area contributed by atoms with Crippen molar-refractivity contribution in [1.82, 2.24) is 14.8 Å². The number of nitrogens with one attached hydrogen (secondary N) is 1. The summed E-state index contributed by atoms with van der Waals surface area (Å²) in [5, 5.41) is 7.55. The van der Waals surface area contributed by atoms with E-state index in [1.54, 1.807) is 45.3 Å². The predicted octanol–water partition coefficient (Wildman–Crippen LogP) is 3.19. The second-order valence-electron chi connectivity index (χ2n) is 6.32. The summed E-state index contributed by atoms with van der Waals surface area (Å²) >= 11 is 1.51. The monoisotopic (exact) mass is 362 g/mol. The Balaban J connectivity index is 1.99. The van der Waals surface area contributed by atoms with Crippen LogP contribution in [0.5, 0.6) is 0 Å². The lowest BCUT2D eigenvalue weighted by molar-refractivity contribution is -0.157. The molecule has 2 rings (SSSR count). The zero-order chi connectivity index (χ0) is 18.4. The second kappa shape index (κ2) is 8.15. The van der Waals surface area contributed by atoms with Crippen LogP contribution >= 0.6 is 11.8 Å². The first-order chi connectivity index (χ1) is 11.8. The molecule has 0 saturated carbocycles. The smallest absolute Gasteiger partial charge is 0.313 e. The molecule has 0 spiro atoms. The Morgan fingerprint density at radius 2 is 2.12 bits per heavy atom. The van der Waals surface area contributed by atoms with Crippen molar-refractivity contribution >= 4 is 29.3 Å². The summed E-state index contributed by atoms with van der Waals surface area (Å²) in [6.45, 7) is 7.34. The molecule has 0 radical (unpaired) electrons. The molecule has 25 heavy (non-hydrogen) atoms. The van der Waals surface area contributed by atoms with Gasteiger partial charge in [-0.3, -0.25) is 9.59 Å². The highest BCUT2D eigenvalue weighted by molar-refractivity contribution is 7.99. The molecule has 0 fully saturated rings. The van der Waals surface area contributed by atoms with Gasteiger partial charge < -0.3 is 10.1 Å². The van der Waals surface area contributed by atoms with Gasteiger partial charge in [0.25, 0.3) is 5.91 Å². The maximum absolute atomic E-state index is 12.4. The van der Waals surface area contributed by atoms with Gasteiger partial charge in [0.2, 0.25) is 0 Å². The molecule has 0 bridgehead atoms. The lowest BCUT2D eigenvalue weighted by Crippen LogP contribution is -2.24. The van der Waals surface area contributed by atoms with E-state index in [-0.39, 0.29) is 18.6 Å². The van der Waals surface area contributed by atoms with E-state index in [9.17, 15) is 9.59 Å². The summed E-state index contributed by atoms with van der Waals surface area (Å²) in [7, 11) is 0. The average Bonchev–Trinajstić information content (AvgIpc) is 3.00. The van der Waals surface area contributed by atoms with Gasteiger partial charge in [-0.25, -0.2) is 9.67 Å². The summed E-state index contributed by atoms with van der Waals surface area (Å²) in [6, 6.07) is 3.46. The molecule has 0 aliphatic heterocycles. The quantitative estimate of drug-likeness (QED) is 0.627. The largest absolute Gasteiger partial charge is 0.442 e. The highest BCUT2D eigenvalue weighted by Gasteiger charge is 2.23. The Kier molecular flexibility index (Phi) is 6.19. The number of ether oxygens (including phenoxy) is 1. The Morgan fingerprint density at radius 1 is 1.36 bits per heavy atom. The first-order valence-electron chi connectivity index (χ1n) is 7.90. The van der Waals surface area contributed by atoms with Crippen LogP contribution in [0.1, 0.15) is 38.1 Å². The van der Waals surface area contributed by atoms with Gasteiger partial charge in [0, 0.05) is 6.20 Å². The third kappa shape index (κ3) is 5.32. The number of amides is 1. The third-order valence-electron chi connectivity index (χ3n) is 3.13. The van der Waals surface area contributed by atoms with Gasteiger partial charge in [-0.15, -0.1) is 11.8 Å². The summed E-state index contributed by atoms with van der Waals surface area (Å²) in [5.41, 5.74) is 0.465. The van der Waals surface area contributed by atoms with E-state index in [4.69, 9.17) is 4.74 Å². The molecule has 1 amide bonds. The van der Waals surface area contributed by atoms with Crippen molar-refractivity contribution in [3.8, 4) is 0 Å². The summed E-state index contributed by atoms with van der Waals surface area (Å²) in [5.74, 6) is 0.259. The Labute approximate surface area is 151 Å². The minimum absolute atomic E-state index is 0.00416. The van der Waals surface area contributed by atoms with Crippen LogP contribution in [0.3, 0.4) is 0 Å². The molecule has 134 valence electrons. The van der Waals surface area contributed by atoms with Crippen LogP contribution in [0.4, 0.5) is 5.69 Å². The minimum atomic E-state index is -0.572. The minimum Gasteiger partial charge on any atom is -0.442 e. The number of hydrogen-bond donors (Lipinski definition) is 1. The predicted molar refractivity (Wildman–Crippen MR) is 96.4 cm³/mol. The average molecular weight is 362 g/mol. The van der Waals surface area contributed by atoms with Crippen LogP contribution in [0.15, 0.2) is 35.7 Å². The summed E-state index contributed by atoms with van der Waals surface area (Å²) in [4.78, 5) is 28.4. The summed E-state index contributed by atoms with van der Waals surface area (Å²) in [6.07, 6.45) is 4.78. The van der Waals surface area contributed by atoms with Crippen molar-refractivity contribution in [1.29, 1.82) is 0 Å². The number of pyridine rings is 1. The molecule has 0 saturated heterocycles. The van der Waals surface area contributed by atoms with Crippen LogP contribution in [0.2, 0.25) is 0 Å². The number of rotatable bonds is 6. The molecule has 1 N–H and O–H groups in total. The highest BCUT2D eigenvalue weighted by atomic mass is 32.2. The number of aromatic nitrogens is 3. The van der Waals surface area contributed by atoms with Crippen molar-refractivity contribution in [3.63, 3.8) is 0 Å². The Morgan fingerprint density at radius 3 is 2.80 bits per heavy atom. The zero-order valence-corrected chi connectivity index (χ0v) is 15.6. The van der Waals surface area contributed by atoms with Gasteiger partial charge in [0.05, 0.1) is 29.1 Å². The van der Waals surface area contributed by atoms with Crippen LogP contribution in [-0.2, 0) is 16.3 Å². The number of hydrogen-bond acceptors (Lipinski definition) is 6. The molecular formula is C17H22N4O3S. The molecule has 0 unspecified atom stereocenters. The molecular weight excluding hydrogens is 340 g/mol. The van der Waals surface area contributed by atoms with Gasteiger partial charge in [-0.05, 0) is 38.7 Å². The first kappa shape index (κ1) is 19.0. The first-order valence-corrected chi connectivity index (χ1v) is 8.88. The number of carbonyl (C=O) groups excluding carboxylic acids is 2. The van der Waals surface area contributed by atoms with E-state index in [2.05, 4.69) is 15.4 Å². The van der Waals surface area contributed by atoms with Gasteiger partial charge in [-0.1, -0.05) is 6.92 Å². The topological polar surface area (TPSA) is 86.1 Å². The normalized spacial score (nSPS) is 11.2. The zero-order valence-electron chi connectivity index (χ0n) is 14.8. The SMILES string of the molecule is CCSc1ncccc1C(=O)Nc1cnn(COC(=O)C(C)(C)C)c1. The third-order valence-corrected chi connectivity index (χ3v) is 4.02. The molecule has 0 aromatic carbocycles. The van der Waals surface area contributed by atoms with Gasteiger partial charge in [-0.2, -0.15) is 5.10 Å². The van der Waals surface area contributed by atoms with Crippen LogP contribution in [-0.4, -0.2) is 32.4 Å². The fourth-order valence-electron chi connectivity index (χ4n) is 1.85. The maximum Gasteiger partial charge on any atom is 0.313 e. The van der Waals surface area contributed by atoms with Crippen molar-refractivity contribution in [2.75, 3.05) is 11.1 Å². The van der Waals surface area contributed by atoms with Gasteiger partial charge in [0.15, 0.2) is 6.73 Å². The Hall–Kier alpha value is -2.35.